The Bertz CT molecular complexity index is 1310. The summed E-state index contributed by atoms with van der Waals surface area (Å²) < 4.78 is 5.76. The van der Waals surface area contributed by atoms with Gasteiger partial charge in [0.2, 0.25) is 0 Å². The fourth-order valence-corrected chi connectivity index (χ4v) is 3.99. The minimum absolute atomic E-state index is 0.173. The molecule has 4 aromatic rings. The van der Waals surface area contributed by atoms with Crippen LogP contribution in [-0.4, -0.2) is 51.8 Å². The van der Waals surface area contributed by atoms with Crippen LogP contribution in [0.3, 0.4) is 0 Å². The molecule has 1 amide bonds. The molecule has 3 heterocycles. The zero-order valence-corrected chi connectivity index (χ0v) is 17.9. The lowest BCUT2D eigenvalue weighted by Crippen LogP contribution is -2.47. The number of nitrogens with one attached hydrogen (secondary N) is 2. The quantitative estimate of drug-likeness (QED) is 0.495. The Morgan fingerprint density at radius 1 is 1.18 bits per heavy atom. The molecule has 5 rings (SSSR count). The molecular weight excluding hydrogens is 416 g/mol. The van der Waals surface area contributed by atoms with Crippen LogP contribution in [0.25, 0.3) is 22.2 Å². The number of anilines is 1. The van der Waals surface area contributed by atoms with Crippen molar-refractivity contribution in [2.24, 2.45) is 0 Å². The van der Waals surface area contributed by atoms with Crippen LogP contribution in [0.5, 0.6) is 0 Å². The number of ether oxygens (including phenoxy) is 1. The van der Waals surface area contributed by atoms with Crippen molar-refractivity contribution in [3.8, 4) is 17.3 Å². The van der Waals surface area contributed by atoms with Crippen LogP contribution >= 0.6 is 0 Å². The number of H-pyrrole nitrogens is 1. The fraction of sp³-hybridized carbons (Fsp3) is 0.200. The van der Waals surface area contributed by atoms with Crippen molar-refractivity contribution in [1.29, 1.82) is 5.26 Å². The molecule has 1 saturated heterocycles. The smallest absolute Gasteiger partial charge is 0.254 e. The topological polar surface area (TPSA) is 107 Å². The average Bonchev–Trinajstić information content (AvgIpc) is 3.28. The van der Waals surface area contributed by atoms with Crippen molar-refractivity contribution >= 4 is 22.5 Å². The maximum absolute atomic E-state index is 12.9. The molecule has 1 unspecified atom stereocenters. The number of benzene rings is 2. The highest BCUT2D eigenvalue weighted by molar-refractivity contribution is 5.99. The molecule has 0 aliphatic carbocycles. The summed E-state index contributed by atoms with van der Waals surface area (Å²) in [6.45, 7) is 2.44. The van der Waals surface area contributed by atoms with E-state index in [1.54, 1.807) is 12.4 Å². The van der Waals surface area contributed by atoms with Gasteiger partial charge in [-0.05, 0) is 48.0 Å². The van der Waals surface area contributed by atoms with E-state index >= 15 is 0 Å². The molecular formula is C25H22N6O2. The van der Waals surface area contributed by atoms with E-state index in [1.165, 1.54) is 0 Å². The normalized spacial score (nSPS) is 16.4. The number of amides is 1. The number of nitrogens with zero attached hydrogens (tertiary/aromatic N) is 4. The standard InChI is InChI=1S/C25H22N6O2/c26-14-17-1-3-18(4-2-17)15-31-11-12-33-23(16-31)25(32)28-20-5-6-22-21(13-20)24(30-29-22)19-7-9-27-10-8-19/h1-10,13,23H,11-12,15-16H2,(H,28,32)(H,29,30). The summed E-state index contributed by atoms with van der Waals surface area (Å²) in [7, 11) is 0. The summed E-state index contributed by atoms with van der Waals surface area (Å²) in [5.41, 5.74) is 5.09. The Kier molecular flexibility index (Phi) is 5.81. The summed E-state index contributed by atoms with van der Waals surface area (Å²) in [5.74, 6) is -0.173. The molecule has 2 aromatic heterocycles. The van der Waals surface area contributed by atoms with Gasteiger partial charge in [0.25, 0.3) is 5.91 Å². The average molecular weight is 438 g/mol. The summed E-state index contributed by atoms with van der Waals surface area (Å²) in [4.78, 5) is 19.2. The molecule has 8 nitrogen and oxygen atoms in total. The number of pyridine rings is 1. The van der Waals surface area contributed by atoms with E-state index in [-0.39, 0.29) is 5.91 Å². The van der Waals surface area contributed by atoms with Crippen LogP contribution in [-0.2, 0) is 16.1 Å². The predicted octanol–water partition coefficient (Wildman–Crippen LogP) is 3.34. The summed E-state index contributed by atoms with van der Waals surface area (Å²) in [5, 5.41) is 20.3. The maximum atomic E-state index is 12.9. The second kappa shape index (κ2) is 9.20. The molecule has 8 heteroatoms. The number of hydrogen-bond donors (Lipinski definition) is 2. The Hall–Kier alpha value is -4.06. The molecule has 1 fully saturated rings. The van der Waals surface area contributed by atoms with Gasteiger partial charge in [-0.15, -0.1) is 0 Å². The molecule has 2 N–H and O–H groups in total. The Morgan fingerprint density at radius 3 is 2.79 bits per heavy atom. The van der Waals surface area contributed by atoms with E-state index in [4.69, 9.17) is 10.00 Å². The third-order valence-corrected chi connectivity index (χ3v) is 5.72. The monoisotopic (exact) mass is 438 g/mol. The Balaban J connectivity index is 1.27. The number of hydrogen-bond acceptors (Lipinski definition) is 6. The van der Waals surface area contributed by atoms with Crippen LogP contribution in [0.2, 0.25) is 0 Å². The first-order valence-electron chi connectivity index (χ1n) is 10.7. The first-order chi connectivity index (χ1) is 16.2. The first-order valence-corrected chi connectivity index (χ1v) is 10.7. The van der Waals surface area contributed by atoms with Crippen LogP contribution < -0.4 is 5.32 Å². The van der Waals surface area contributed by atoms with E-state index in [0.29, 0.717) is 30.9 Å². The Morgan fingerprint density at radius 2 is 2.00 bits per heavy atom. The predicted molar refractivity (Wildman–Crippen MR) is 124 cm³/mol. The first kappa shape index (κ1) is 20.8. The van der Waals surface area contributed by atoms with Gasteiger partial charge in [0.15, 0.2) is 0 Å². The molecule has 1 aliphatic rings. The van der Waals surface area contributed by atoms with Crippen molar-refractivity contribution in [2.75, 3.05) is 25.0 Å². The van der Waals surface area contributed by atoms with Gasteiger partial charge >= 0.3 is 0 Å². The molecule has 0 spiro atoms. The van der Waals surface area contributed by atoms with Crippen molar-refractivity contribution in [3.05, 3.63) is 78.1 Å². The molecule has 0 bridgehead atoms. The summed E-state index contributed by atoms with van der Waals surface area (Å²) in [6.07, 6.45) is 2.90. The van der Waals surface area contributed by atoms with Crippen LogP contribution in [0.15, 0.2) is 67.0 Å². The van der Waals surface area contributed by atoms with Gasteiger partial charge in [0, 0.05) is 48.7 Å². The highest BCUT2D eigenvalue weighted by Gasteiger charge is 2.27. The number of aromatic amines is 1. The van der Waals surface area contributed by atoms with Crippen molar-refractivity contribution in [1.82, 2.24) is 20.1 Å². The largest absolute Gasteiger partial charge is 0.366 e. The number of fused-ring (bicyclic) bond motifs is 1. The van der Waals surface area contributed by atoms with Crippen LogP contribution in [0.4, 0.5) is 5.69 Å². The molecule has 2 aromatic carbocycles. The molecule has 164 valence electrons. The van der Waals surface area contributed by atoms with Crippen molar-refractivity contribution in [2.45, 2.75) is 12.6 Å². The van der Waals surface area contributed by atoms with E-state index in [2.05, 4.69) is 31.5 Å². The molecule has 33 heavy (non-hydrogen) atoms. The van der Waals surface area contributed by atoms with Gasteiger partial charge < -0.3 is 10.1 Å². The third-order valence-electron chi connectivity index (χ3n) is 5.72. The van der Waals surface area contributed by atoms with Gasteiger partial charge in [-0.2, -0.15) is 10.4 Å². The summed E-state index contributed by atoms with van der Waals surface area (Å²) >= 11 is 0. The van der Waals surface area contributed by atoms with Crippen LogP contribution in [0, 0.1) is 11.3 Å². The zero-order chi connectivity index (χ0) is 22.6. The fourth-order valence-electron chi connectivity index (χ4n) is 3.99. The molecule has 1 atom stereocenters. The number of aromatic nitrogens is 3. The molecule has 0 radical (unpaired) electrons. The van der Waals surface area contributed by atoms with E-state index in [0.717, 1.165) is 34.3 Å². The zero-order valence-electron chi connectivity index (χ0n) is 17.9. The van der Waals surface area contributed by atoms with Crippen molar-refractivity contribution in [3.63, 3.8) is 0 Å². The number of carbonyl (C=O) groups excluding carboxylic acids is 1. The van der Waals surface area contributed by atoms with E-state index in [9.17, 15) is 4.79 Å². The number of rotatable bonds is 5. The highest BCUT2D eigenvalue weighted by atomic mass is 16.5. The van der Waals surface area contributed by atoms with Gasteiger partial charge in [-0.1, -0.05) is 12.1 Å². The highest BCUT2D eigenvalue weighted by Crippen LogP contribution is 2.28. The maximum Gasteiger partial charge on any atom is 0.254 e. The lowest BCUT2D eigenvalue weighted by atomic mass is 10.1. The van der Waals surface area contributed by atoms with E-state index < -0.39 is 6.10 Å². The lowest BCUT2D eigenvalue weighted by Gasteiger charge is -2.32. The third kappa shape index (κ3) is 4.60. The van der Waals surface area contributed by atoms with Crippen LogP contribution in [0.1, 0.15) is 11.1 Å². The van der Waals surface area contributed by atoms with Crippen molar-refractivity contribution < 1.29 is 9.53 Å². The van der Waals surface area contributed by atoms with E-state index in [1.807, 2.05) is 54.6 Å². The van der Waals surface area contributed by atoms with Gasteiger partial charge in [-0.3, -0.25) is 19.8 Å². The van der Waals surface area contributed by atoms with Gasteiger partial charge in [-0.25, -0.2) is 0 Å². The minimum Gasteiger partial charge on any atom is -0.366 e. The SMILES string of the molecule is N#Cc1ccc(CN2CCOC(C(=O)Nc3ccc4[nH]nc(-c5ccncc5)c4c3)C2)cc1. The van der Waals surface area contributed by atoms with Gasteiger partial charge in [0.1, 0.15) is 11.8 Å². The second-order valence-electron chi connectivity index (χ2n) is 7.96. The number of morpholine rings is 1. The Labute approximate surface area is 190 Å². The summed E-state index contributed by atoms with van der Waals surface area (Å²) in [6, 6.07) is 19.1. The van der Waals surface area contributed by atoms with Gasteiger partial charge in [0.05, 0.1) is 23.8 Å². The number of nitriles is 1. The number of carbonyl (C=O) groups is 1. The minimum atomic E-state index is -0.558. The molecule has 1 aliphatic heterocycles. The second-order valence-corrected chi connectivity index (χ2v) is 7.96. The molecule has 0 saturated carbocycles. The lowest BCUT2D eigenvalue weighted by molar-refractivity contribution is -0.133.